The fraction of sp³-hybridized carbons (Fsp3) is 0.0526. The highest BCUT2D eigenvalue weighted by Crippen LogP contribution is 2.22. The number of aromatic hydroxyl groups is 1. The van der Waals surface area contributed by atoms with Crippen molar-refractivity contribution in [1.29, 1.82) is 0 Å². The highest BCUT2D eigenvalue weighted by atomic mass is 19.1. The summed E-state index contributed by atoms with van der Waals surface area (Å²) in [5.41, 5.74) is 2.80. The third-order valence-electron chi connectivity index (χ3n) is 4.60. The number of fused-ring (bicyclic) bond motifs is 1. The minimum absolute atomic E-state index is 0.107. The van der Waals surface area contributed by atoms with E-state index in [9.17, 15) is 33.8 Å². The number of carbonyl (C=O) groups is 2. The Hall–Kier alpha value is -4.81. The monoisotopic (exact) mass is 440 g/mol. The van der Waals surface area contributed by atoms with Gasteiger partial charge in [-0.1, -0.05) is 6.07 Å². The minimum atomic E-state index is -1.41. The van der Waals surface area contributed by atoms with Crippen LogP contribution < -0.4 is 27.2 Å². The van der Waals surface area contributed by atoms with Crippen LogP contribution in [0, 0.1) is 5.82 Å². The summed E-state index contributed by atoms with van der Waals surface area (Å²) in [7, 11) is 0. The maximum absolute atomic E-state index is 14.1. The first-order valence-electron chi connectivity index (χ1n) is 8.90. The van der Waals surface area contributed by atoms with Crippen LogP contribution in [0.3, 0.4) is 0 Å². The maximum atomic E-state index is 14.1. The molecule has 2 heterocycles. The van der Waals surface area contributed by atoms with Gasteiger partial charge in [0.05, 0.1) is 11.9 Å². The highest BCUT2D eigenvalue weighted by molar-refractivity contribution is 5.96. The van der Waals surface area contributed by atoms with Crippen LogP contribution in [0.2, 0.25) is 0 Å². The first-order valence-corrected chi connectivity index (χ1v) is 8.90. The van der Waals surface area contributed by atoms with Crippen LogP contribution in [0.25, 0.3) is 5.78 Å². The molecule has 0 unspecified atom stereocenters. The van der Waals surface area contributed by atoms with Gasteiger partial charge < -0.3 is 26.6 Å². The summed E-state index contributed by atoms with van der Waals surface area (Å²) >= 11 is 0. The predicted molar refractivity (Wildman–Crippen MR) is 108 cm³/mol. The number of carbonyl (C=O) groups excluding carboxylic acids is 1. The van der Waals surface area contributed by atoms with E-state index in [4.69, 9.17) is 5.73 Å². The molecule has 1 amide bonds. The molecule has 4 rings (SSSR count). The minimum Gasteiger partial charge on any atom is -0.493 e. The third-order valence-corrected chi connectivity index (χ3v) is 4.60. The molecule has 0 bridgehead atoms. The van der Waals surface area contributed by atoms with E-state index in [1.54, 1.807) is 0 Å². The molecule has 0 radical (unpaired) electrons. The second kappa shape index (κ2) is 7.46. The van der Waals surface area contributed by atoms with Crippen molar-refractivity contribution in [2.75, 3.05) is 11.1 Å². The molecular formula is C19H13FN6O6. The lowest BCUT2D eigenvalue weighted by molar-refractivity contribution is 0.0687. The number of carboxylic acid groups (broad SMARTS) is 1. The van der Waals surface area contributed by atoms with Gasteiger partial charge in [-0.05, 0) is 17.7 Å². The number of aromatic carboxylic acids is 1. The molecule has 0 saturated carbocycles. The quantitative estimate of drug-likeness (QED) is 0.258. The molecule has 162 valence electrons. The summed E-state index contributed by atoms with van der Waals surface area (Å²) in [6, 6.07) is 4.74. The molecular weight excluding hydrogens is 427 g/mol. The number of hydrogen-bond acceptors (Lipinski definition) is 9. The van der Waals surface area contributed by atoms with E-state index in [2.05, 4.69) is 20.6 Å². The van der Waals surface area contributed by atoms with Crippen LogP contribution in [-0.2, 0) is 6.54 Å². The number of rotatable bonds is 6. The summed E-state index contributed by atoms with van der Waals surface area (Å²) < 4.78 is 14.9. The second-order valence-electron chi connectivity index (χ2n) is 6.65. The van der Waals surface area contributed by atoms with Crippen molar-refractivity contribution < 1.29 is 24.2 Å². The van der Waals surface area contributed by atoms with Crippen LogP contribution in [0.1, 0.15) is 26.5 Å². The van der Waals surface area contributed by atoms with Gasteiger partial charge in [0.1, 0.15) is 28.6 Å². The molecule has 0 atom stereocenters. The van der Waals surface area contributed by atoms with E-state index in [0.717, 1.165) is 22.7 Å². The van der Waals surface area contributed by atoms with Gasteiger partial charge in [0, 0.05) is 12.6 Å². The molecule has 6 N–H and O–H groups in total. The predicted octanol–water partition coefficient (Wildman–Crippen LogP) is 0.124. The number of halogens is 1. The zero-order valence-electron chi connectivity index (χ0n) is 15.9. The number of imidazole rings is 1. The first kappa shape index (κ1) is 20.5. The molecule has 32 heavy (non-hydrogen) atoms. The van der Waals surface area contributed by atoms with Gasteiger partial charge in [-0.3, -0.25) is 14.4 Å². The Morgan fingerprint density at radius 2 is 1.94 bits per heavy atom. The van der Waals surface area contributed by atoms with E-state index in [0.29, 0.717) is 5.56 Å². The number of hydrogen-bond donors (Lipinski definition) is 5. The normalized spacial score (nSPS) is 11.0. The van der Waals surface area contributed by atoms with Crippen molar-refractivity contribution in [2.24, 2.45) is 0 Å². The lowest BCUT2D eigenvalue weighted by Gasteiger charge is -2.12. The van der Waals surface area contributed by atoms with Gasteiger partial charge in [-0.15, -0.1) is 0 Å². The van der Waals surface area contributed by atoms with Gasteiger partial charge in [0.2, 0.25) is 11.7 Å². The van der Waals surface area contributed by atoms with E-state index < -0.39 is 40.1 Å². The van der Waals surface area contributed by atoms with E-state index in [-0.39, 0.29) is 35.1 Å². The molecule has 2 aromatic heterocycles. The smallest absolute Gasteiger partial charge is 0.353 e. The van der Waals surface area contributed by atoms with Gasteiger partial charge >= 0.3 is 5.97 Å². The molecule has 13 heteroatoms. The number of amides is 1. The number of benzene rings is 1. The van der Waals surface area contributed by atoms with E-state index in [1.165, 1.54) is 12.1 Å². The van der Waals surface area contributed by atoms with E-state index in [1.807, 2.05) is 0 Å². The summed E-state index contributed by atoms with van der Waals surface area (Å²) in [6.07, 6.45) is 0.992. The molecule has 0 aliphatic heterocycles. The second-order valence-corrected chi connectivity index (χ2v) is 6.65. The first-order chi connectivity index (χ1) is 15.2. The van der Waals surface area contributed by atoms with Crippen LogP contribution >= 0.6 is 0 Å². The number of nitrogens with two attached hydrogens (primary N) is 1. The number of nitrogen functional groups attached to an aromatic ring is 1. The molecule has 0 saturated heterocycles. The summed E-state index contributed by atoms with van der Waals surface area (Å²) in [5, 5.41) is 24.0. The van der Waals surface area contributed by atoms with Crippen molar-refractivity contribution in [3.8, 4) is 5.88 Å². The Labute approximate surface area is 176 Å². The fourth-order valence-electron chi connectivity index (χ4n) is 2.97. The zero-order valence-corrected chi connectivity index (χ0v) is 15.9. The molecule has 2 aromatic carbocycles. The SMILES string of the molecule is Nc1c(Nc2cc(CNC(=O)c3cc(C(=O)O)n4c(O)cnc4n3)ccc2F)c(=O)c1=O. The van der Waals surface area contributed by atoms with E-state index >= 15 is 0 Å². The fourth-order valence-corrected chi connectivity index (χ4v) is 2.97. The lowest BCUT2D eigenvalue weighted by atomic mass is 10.1. The number of anilines is 3. The Morgan fingerprint density at radius 3 is 2.62 bits per heavy atom. The molecule has 0 spiro atoms. The van der Waals surface area contributed by atoms with Crippen LogP contribution in [0.15, 0.2) is 40.1 Å². The Morgan fingerprint density at radius 1 is 1.19 bits per heavy atom. The van der Waals surface area contributed by atoms with Crippen molar-refractivity contribution in [2.45, 2.75) is 6.54 Å². The maximum Gasteiger partial charge on any atom is 0.353 e. The molecule has 0 aliphatic carbocycles. The highest BCUT2D eigenvalue weighted by Gasteiger charge is 2.20. The summed E-state index contributed by atoms with van der Waals surface area (Å²) in [4.78, 5) is 54.3. The van der Waals surface area contributed by atoms with Crippen molar-refractivity contribution in [3.63, 3.8) is 0 Å². The Kier molecular flexibility index (Phi) is 4.77. The van der Waals surface area contributed by atoms with Crippen LogP contribution in [-0.4, -0.2) is 36.5 Å². The molecule has 0 aliphatic rings. The van der Waals surface area contributed by atoms with Crippen LogP contribution in [0.5, 0.6) is 5.88 Å². The number of carboxylic acids is 1. The van der Waals surface area contributed by atoms with Gasteiger partial charge in [0.15, 0.2) is 0 Å². The molecule has 4 aromatic rings. The number of nitrogens with one attached hydrogen (secondary N) is 2. The van der Waals surface area contributed by atoms with Crippen molar-refractivity contribution >= 4 is 34.7 Å². The Balaban J connectivity index is 1.54. The van der Waals surface area contributed by atoms with Gasteiger partial charge in [0.25, 0.3) is 16.8 Å². The average molecular weight is 440 g/mol. The third kappa shape index (κ3) is 3.36. The molecule has 12 nitrogen and oxygen atoms in total. The summed E-state index contributed by atoms with van der Waals surface area (Å²) in [6.45, 7) is -0.107. The zero-order chi connectivity index (χ0) is 23.2. The largest absolute Gasteiger partial charge is 0.493 e. The average Bonchev–Trinajstić information content (AvgIpc) is 3.16. The number of aromatic nitrogens is 3. The Bertz CT molecular complexity index is 1490. The van der Waals surface area contributed by atoms with Gasteiger partial charge in [-0.25, -0.2) is 23.6 Å². The van der Waals surface area contributed by atoms with Crippen LogP contribution in [0.4, 0.5) is 21.5 Å². The molecule has 0 fully saturated rings. The van der Waals surface area contributed by atoms with Crippen molar-refractivity contribution in [1.82, 2.24) is 19.7 Å². The topological polar surface area (TPSA) is 189 Å². The summed E-state index contributed by atoms with van der Waals surface area (Å²) in [5.74, 6) is -3.52. The van der Waals surface area contributed by atoms with Crippen molar-refractivity contribution in [3.05, 3.63) is 73.7 Å². The standard InChI is InChI=1S/C19H13FN6O6/c20-8-2-1-7(3-9(8)24-14-13(21)15(28)16(14)29)5-22-17(30)10-4-11(18(31)32)26-12(27)6-23-19(26)25-10/h1-4,6,24,27H,5,21H2,(H,22,30)(H,31,32). The van der Waals surface area contributed by atoms with Gasteiger partial charge in [-0.2, -0.15) is 0 Å². The number of nitrogens with zero attached hydrogens (tertiary/aromatic N) is 3. The lowest BCUT2D eigenvalue weighted by Crippen LogP contribution is -2.36.